The fourth-order valence-corrected chi connectivity index (χ4v) is 3.22. The fourth-order valence-electron chi connectivity index (χ4n) is 3.22. The molecule has 4 heteroatoms. The minimum absolute atomic E-state index is 0.0624. The Hall–Kier alpha value is -3.53. The highest BCUT2D eigenvalue weighted by Gasteiger charge is 2.18. The van der Waals surface area contributed by atoms with Gasteiger partial charge in [0.25, 0.3) is 0 Å². The van der Waals surface area contributed by atoms with E-state index in [1.54, 1.807) is 12.4 Å². The van der Waals surface area contributed by atoms with Crippen molar-refractivity contribution in [1.82, 2.24) is 15.3 Å². The Kier molecular flexibility index (Phi) is 4.88. The van der Waals surface area contributed by atoms with Crippen LogP contribution in [0, 0.1) is 0 Å². The highest BCUT2D eigenvalue weighted by molar-refractivity contribution is 5.87. The van der Waals surface area contributed by atoms with Crippen LogP contribution in [0.5, 0.6) is 0 Å². The predicted octanol–water partition coefficient (Wildman–Crippen LogP) is 4.08. The van der Waals surface area contributed by atoms with Crippen LogP contribution in [0.4, 0.5) is 0 Å². The van der Waals surface area contributed by atoms with E-state index >= 15 is 0 Å². The van der Waals surface area contributed by atoms with Crippen molar-refractivity contribution in [1.29, 1.82) is 0 Å². The summed E-state index contributed by atoms with van der Waals surface area (Å²) in [5.41, 5.74) is 3.59. The van der Waals surface area contributed by atoms with Crippen molar-refractivity contribution in [3.63, 3.8) is 0 Å². The first-order chi connectivity index (χ1) is 13.3. The largest absolute Gasteiger partial charge is 0.343 e. The van der Waals surface area contributed by atoms with Crippen LogP contribution < -0.4 is 5.32 Å². The van der Waals surface area contributed by atoms with Gasteiger partial charge in [0.15, 0.2) is 0 Å². The van der Waals surface area contributed by atoms with Crippen molar-refractivity contribution in [3.05, 3.63) is 108 Å². The highest BCUT2D eigenvalue weighted by atomic mass is 16.1. The topological polar surface area (TPSA) is 54.9 Å². The highest BCUT2D eigenvalue weighted by Crippen LogP contribution is 2.21. The van der Waals surface area contributed by atoms with Crippen LogP contribution in [-0.4, -0.2) is 15.9 Å². The van der Waals surface area contributed by atoms with Gasteiger partial charge in [0.05, 0.1) is 23.7 Å². The van der Waals surface area contributed by atoms with Gasteiger partial charge in [0.1, 0.15) is 0 Å². The Labute approximate surface area is 157 Å². The molecule has 0 radical (unpaired) electrons. The molecule has 0 saturated heterocycles. The third-order valence-electron chi connectivity index (χ3n) is 4.49. The summed E-state index contributed by atoms with van der Waals surface area (Å²) >= 11 is 0. The first-order valence-corrected chi connectivity index (χ1v) is 8.89. The Morgan fingerprint density at radius 1 is 0.815 bits per heavy atom. The van der Waals surface area contributed by atoms with Crippen molar-refractivity contribution in [3.8, 4) is 0 Å². The second-order valence-corrected chi connectivity index (χ2v) is 6.33. The molecule has 0 saturated carbocycles. The Bertz CT molecular complexity index is 1000. The number of carbonyl (C=O) groups is 1. The van der Waals surface area contributed by atoms with E-state index in [0.717, 1.165) is 27.7 Å². The number of carbonyl (C=O) groups excluding carboxylic acids is 1. The van der Waals surface area contributed by atoms with E-state index in [2.05, 4.69) is 15.3 Å². The number of nitrogens with one attached hydrogen (secondary N) is 1. The Balaban J connectivity index is 1.60. The first kappa shape index (κ1) is 16.9. The van der Waals surface area contributed by atoms with Gasteiger partial charge in [0.2, 0.25) is 5.91 Å². The summed E-state index contributed by atoms with van der Waals surface area (Å²) in [4.78, 5) is 21.7. The van der Waals surface area contributed by atoms with E-state index in [0.29, 0.717) is 0 Å². The van der Waals surface area contributed by atoms with Crippen LogP contribution in [0.15, 0.2) is 91.3 Å². The maximum absolute atomic E-state index is 12.8. The van der Waals surface area contributed by atoms with Gasteiger partial charge in [-0.05, 0) is 29.3 Å². The number of rotatable bonds is 5. The Morgan fingerprint density at radius 2 is 1.59 bits per heavy atom. The molecule has 0 aliphatic carbocycles. The van der Waals surface area contributed by atoms with Gasteiger partial charge in [-0.25, -0.2) is 0 Å². The summed E-state index contributed by atoms with van der Waals surface area (Å²) in [6, 6.07) is 25.1. The Morgan fingerprint density at radius 3 is 2.41 bits per heavy atom. The number of para-hydroxylation sites is 1. The molecule has 27 heavy (non-hydrogen) atoms. The van der Waals surface area contributed by atoms with E-state index in [1.165, 1.54) is 0 Å². The number of fused-ring (bicyclic) bond motifs is 1. The molecule has 0 bridgehead atoms. The number of hydrogen-bond acceptors (Lipinski definition) is 3. The summed E-state index contributed by atoms with van der Waals surface area (Å²) in [5.74, 6) is -0.0624. The van der Waals surface area contributed by atoms with Crippen LogP contribution >= 0.6 is 0 Å². The van der Waals surface area contributed by atoms with Gasteiger partial charge >= 0.3 is 0 Å². The van der Waals surface area contributed by atoms with Crippen molar-refractivity contribution in [2.75, 3.05) is 0 Å². The summed E-state index contributed by atoms with van der Waals surface area (Å²) < 4.78 is 0. The normalized spacial score (nSPS) is 11.9. The zero-order chi connectivity index (χ0) is 18.5. The smallest absolute Gasteiger partial charge is 0.225 e. The van der Waals surface area contributed by atoms with Crippen LogP contribution in [0.25, 0.3) is 10.9 Å². The number of pyridine rings is 2. The standard InChI is InChI=1S/C23H19N3O/c27-21(16-19-11-6-10-17-12-7-15-25-22(17)19)26-23(18-8-2-1-3-9-18)20-13-4-5-14-24-20/h1-15,23H,16H2,(H,26,27). The maximum atomic E-state index is 12.8. The average Bonchev–Trinajstić information content (AvgIpc) is 2.73. The molecule has 4 nitrogen and oxygen atoms in total. The zero-order valence-electron chi connectivity index (χ0n) is 14.7. The maximum Gasteiger partial charge on any atom is 0.225 e. The second kappa shape index (κ2) is 7.79. The SMILES string of the molecule is O=C(Cc1cccc2cccnc12)NC(c1ccccc1)c1ccccn1. The van der Waals surface area contributed by atoms with E-state index < -0.39 is 0 Å². The number of aromatic nitrogens is 2. The number of amides is 1. The van der Waals surface area contributed by atoms with E-state index in [-0.39, 0.29) is 18.4 Å². The lowest BCUT2D eigenvalue weighted by Crippen LogP contribution is -2.31. The molecule has 2 aromatic carbocycles. The summed E-state index contributed by atoms with van der Waals surface area (Å²) in [6.07, 6.45) is 3.76. The van der Waals surface area contributed by atoms with Gasteiger partial charge in [-0.2, -0.15) is 0 Å². The summed E-state index contributed by atoms with van der Waals surface area (Å²) in [6.45, 7) is 0. The van der Waals surface area contributed by atoms with Crippen LogP contribution in [0.3, 0.4) is 0 Å². The third-order valence-corrected chi connectivity index (χ3v) is 4.49. The predicted molar refractivity (Wildman–Crippen MR) is 106 cm³/mol. The third kappa shape index (κ3) is 3.85. The zero-order valence-corrected chi connectivity index (χ0v) is 14.7. The molecule has 1 N–H and O–H groups in total. The van der Waals surface area contributed by atoms with E-state index in [4.69, 9.17) is 0 Å². The molecule has 0 aliphatic heterocycles. The average molecular weight is 353 g/mol. The summed E-state index contributed by atoms with van der Waals surface area (Å²) in [5, 5.41) is 4.17. The number of hydrogen-bond donors (Lipinski definition) is 1. The molecule has 4 aromatic rings. The molecule has 2 heterocycles. The second-order valence-electron chi connectivity index (χ2n) is 6.33. The van der Waals surface area contributed by atoms with Crippen LogP contribution in [0.1, 0.15) is 22.9 Å². The molecule has 1 atom stereocenters. The number of benzene rings is 2. The molecule has 0 fully saturated rings. The fraction of sp³-hybridized carbons (Fsp3) is 0.0870. The molecule has 2 aromatic heterocycles. The minimum Gasteiger partial charge on any atom is -0.343 e. The van der Waals surface area contributed by atoms with Crippen molar-refractivity contribution in [2.24, 2.45) is 0 Å². The van der Waals surface area contributed by atoms with Gasteiger partial charge < -0.3 is 5.32 Å². The molecule has 1 unspecified atom stereocenters. The van der Waals surface area contributed by atoms with Crippen molar-refractivity contribution < 1.29 is 4.79 Å². The molecule has 4 rings (SSSR count). The molecule has 0 spiro atoms. The van der Waals surface area contributed by atoms with E-state index in [9.17, 15) is 4.79 Å². The molecule has 132 valence electrons. The van der Waals surface area contributed by atoms with Crippen molar-refractivity contribution in [2.45, 2.75) is 12.5 Å². The van der Waals surface area contributed by atoms with Gasteiger partial charge in [-0.15, -0.1) is 0 Å². The monoisotopic (exact) mass is 353 g/mol. The molecular weight excluding hydrogens is 334 g/mol. The minimum atomic E-state index is -0.289. The lowest BCUT2D eigenvalue weighted by molar-refractivity contribution is -0.120. The number of nitrogens with zero attached hydrogens (tertiary/aromatic N) is 2. The van der Waals surface area contributed by atoms with E-state index in [1.807, 2.05) is 78.9 Å². The molecule has 1 amide bonds. The van der Waals surface area contributed by atoms with Crippen LogP contribution in [0.2, 0.25) is 0 Å². The quantitative estimate of drug-likeness (QED) is 0.588. The van der Waals surface area contributed by atoms with Crippen molar-refractivity contribution >= 4 is 16.8 Å². The first-order valence-electron chi connectivity index (χ1n) is 8.89. The molecular formula is C23H19N3O. The van der Waals surface area contributed by atoms with Gasteiger partial charge in [-0.3, -0.25) is 14.8 Å². The van der Waals surface area contributed by atoms with Gasteiger partial charge in [0, 0.05) is 17.8 Å². The lowest BCUT2D eigenvalue weighted by atomic mass is 10.0. The summed E-state index contributed by atoms with van der Waals surface area (Å²) in [7, 11) is 0. The van der Waals surface area contributed by atoms with Gasteiger partial charge in [-0.1, -0.05) is 60.7 Å². The van der Waals surface area contributed by atoms with Crippen LogP contribution in [-0.2, 0) is 11.2 Å². The lowest BCUT2D eigenvalue weighted by Gasteiger charge is -2.19. The molecule has 0 aliphatic rings.